The predicted octanol–water partition coefficient (Wildman–Crippen LogP) is 2.63. The van der Waals surface area contributed by atoms with E-state index in [1.165, 1.54) is 12.5 Å². The van der Waals surface area contributed by atoms with Crippen LogP contribution in [0, 0.1) is 0 Å². The number of sulfone groups is 1. The van der Waals surface area contributed by atoms with E-state index < -0.39 is 9.84 Å². The zero-order valence-electron chi connectivity index (χ0n) is 20.6. The fraction of sp³-hybridized carbons (Fsp3) is 0.440. The Hall–Kier alpha value is -3.31. The first-order valence-electron chi connectivity index (χ1n) is 11.9. The van der Waals surface area contributed by atoms with Gasteiger partial charge < -0.3 is 14.1 Å². The summed E-state index contributed by atoms with van der Waals surface area (Å²) in [5.41, 5.74) is 5.70. The largest absolute Gasteiger partial charge is 0.463 e. The van der Waals surface area contributed by atoms with Crippen LogP contribution in [0.1, 0.15) is 43.2 Å². The molecule has 0 radical (unpaired) electrons. The number of aryl methyl sites for hydroxylation is 1. The molecule has 5 rings (SSSR count). The van der Waals surface area contributed by atoms with Gasteiger partial charge in [0.05, 0.1) is 47.6 Å². The summed E-state index contributed by atoms with van der Waals surface area (Å²) in [7, 11) is -3.19. The molecule has 3 aromatic rings. The minimum absolute atomic E-state index is 0.0525. The second kappa shape index (κ2) is 9.29. The van der Waals surface area contributed by atoms with E-state index in [-0.39, 0.29) is 28.3 Å². The van der Waals surface area contributed by atoms with Gasteiger partial charge in [-0.05, 0) is 23.1 Å². The molecule has 0 bridgehead atoms. The molecule has 4 heterocycles. The van der Waals surface area contributed by atoms with Crippen LogP contribution in [0.5, 0.6) is 0 Å². The molecule has 1 N–H and O–H groups in total. The lowest BCUT2D eigenvalue weighted by atomic mass is 9.86. The molecule has 0 amide bonds. The zero-order chi connectivity index (χ0) is 25.5. The minimum atomic E-state index is -3.19. The minimum Gasteiger partial charge on any atom is -0.463 e. The number of aromatic nitrogens is 2. The van der Waals surface area contributed by atoms with Crippen LogP contribution in [-0.2, 0) is 32.2 Å². The van der Waals surface area contributed by atoms with Gasteiger partial charge in [0.2, 0.25) is 11.4 Å². The average molecular weight is 512 g/mol. The zero-order valence-corrected chi connectivity index (χ0v) is 21.4. The molecule has 190 valence electrons. The van der Waals surface area contributed by atoms with Crippen molar-refractivity contribution in [1.29, 1.82) is 0 Å². The Bertz CT molecular complexity index is 1500. The van der Waals surface area contributed by atoms with Crippen molar-refractivity contribution in [3.8, 4) is 0 Å². The van der Waals surface area contributed by atoms with Gasteiger partial charge in [0.1, 0.15) is 17.7 Å². The second-order valence-corrected chi connectivity index (χ2v) is 12.3. The van der Waals surface area contributed by atoms with Crippen LogP contribution in [0.4, 0.5) is 11.8 Å². The highest BCUT2D eigenvalue weighted by molar-refractivity contribution is 7.90. The standard InChI is InChI=1S/C25H29N5O5S/c1-25(2,3)17-4-5-21-18(12-17)22(31)16(14-35-21)13-26-29-24-27-20-6-11-36(32,33)15-19(20)23(28-24)30-7-9-34-10-8-30/h4-5,12-14H,6-11,15H2,1-3H3,(H,27,28,29)/b26-13+. The van der Waals surface area contributed by atoms with Gasteiger partial charge >= 0.3 is 0 Å². The highest BCUT2D eigenvalue weighted by atomic mass is 32.2. The molecular formula is C25H29N5O5S. The van der Waals surface area contributed by atoms with Gasteiger partial charge in [0, 0.05) is 25.1 Å². The number of hydrogen-bond donors (Lipinski definition) is 1. The SMILES string of the molecule is CC(C)(C)c1ccc2occ(/C=N/Nc3nc4c(c(N5CCOCC5)n3)CS(=O)(=O)CC4)c(=O)c2c1. The lowest BCUT2D eigenvalue weighted by Gasteiger charge is -2.31. The van der Waals surface area contributed by atoms with Crippen molar-refractivity contribution < 1.29 is 17.6 Å². The van der Waals surface area contributed by atoms with E-state index in [4.69, 9.17) is 9.15 Å². The number of hydrazone groups is 1. The average Bonchev–Trinajstić information content (AvgIpc) is 2.84. The second-order valence-electron chi connectivity index (χ2n) is 10.1. The summed E-state index contributed by atoms with van der Waals surface area (Å²) in [5.74, 6) is 0.805. The van der Waals surface area contributed by atoms with Gasteiger partial charge in [-0.15, -0.1) is 0 Å². The molecule has 1 aromatic carbocycles. The van der Waals surface area contributed by atoms with Crippen LogP contribution < -0.4 is 15.8 Å². The number of anilines is 2. The Morgan fingerprint density at radius 3 is 2.69 bits per heavy atom. The van der Waals surface area contributed by atoms with E-state index in [0.29, 0.717) is 66.3 Å². The topological polar surface area (TPSA) is 127 Å². The third-order valence-corrected chi connectivity index (χ3v) is 7.98. The van der Waals surface area contributed by atoms with E-state index in [9.17, 15) is 13.2 Å². The third kappa shape index (κ3) is 4.98. The van der Waals surface area contributed by atoms with Gasteiger partial charge in [0.15, 0.2) is 9.84 Å². The van der Waals surface area contributed by atoms with Crippen molar-refractivity contribution in [2.24, 2.45) is 5.10 Å². The van der Waals surface area contributed by atoms with Crippen LogP contribution in [0.25, 0.3) is 11.0 Å². The fourth-order valence-corrected chi connectivity index (χ4v) is 5.75. The van der Waals surface area contributed by atoms with E-state index in [2.05, 4.69) is 41.3 Å². The molecule has 0 spiro atoms. The highest BCUT2D eigenvalue weighted by Gasteiger charge is 2.29. The molecule has 36 heavy (non-hydrogen) atoms. The molecule has 0 saturated carbocycles. The van der Waals surface area contributed by atoms with Gasteiger partial charge in [-0.3, -0.25) is 4.79 Å². The molecule has 0 aliphatic carbocycles. The summed E-state index contributed by atoms with van der Waals surface area (Å²) in [6.45, 7) is 8.57. The Labute approximate surface area is 209 Å². The number of ether oxygens (including phenoxy) is 1. The molecule has 0 unspecified atom stereocenters. The monoisotopic (exact) mass is 511 g/mol. The number of fused-ring (bicyclic) bond motifs is 2. The third-order valence-electron chi connectivity index (χ3n) is 6.43. The quantitative estimate of drug-likeness (QED) is 0.415. The molecule has 2 aromatic heterocycles. The Morgan fingerprint density at radius 1 is 1.17 bits per heavy atom. The molecule has 2 aliphatic heterocycles. The maximum atomic E-state index is 13.1. The van der Waals surface area contributed by atoms with Crippen LogP contribution in [0.3, 0.4) is 0 Å². The Kier molecular flexibility index (Phi) is 6.29. The smallest absolute Gasteiger partial charge is 0.245 e. The Morgan fingerprint density at radius 2 is 1.94 bits per heavy atom. The van der Waals surface area contributed by atoms with Gasteiger partial charge in [-0.1, -0.05) is 26.8 Å². The summed E-state index contributed by atoms with van der Waals surface area (Å²) in [6, 6.07) is 5.64. The van der Waals surface area contributed by atoms with E-state index >= 15 is 0 Å². The number of benzene rings is 1. The first-order valence-corrected chi connectivity index (χ1v) is 13.7. The number of nitrogens with zero attached hydrogens (tertiary/aromatic N) is 4. The normalized spacial score (nSPS) is 17.9. The molecule has 1 saturated heterocycles. The first-order chi connectivity index (χ1) is 17.1. The summed E-state index contributed by atoms with van der Waals surface area (Å²) in [4.78, 5) is 24.2. The lowest BCUT2D eigenvalue weighted by Crippen LogP contribution is -2.38. The van der Waals surface area contributed by atoms with Crippen molar-refractivity contribution >= 4 is 38.8 Å². The predicted molar refractivity (Wildman–Crippen MR) is 139 cm³/mol. The number of rotatable bonds is 4. The summed E-state index contributed by atoms with van der Waals surface area (Å²) >= 11 is 0. The fourth-order valence-electron chi connectivity index (χ4n) is 4.36. The van der Waals surface area contributed by atoms with Crippen molar-refractivity contribution in [2.45, 2.75) is 38.4 Å². The number of morpholine rings is 1. The van der Waals surface area contributed by atoms with Crippen molar-refractivity contribution in [2.75, 3.05) is 42.4 Å². The van der Waals surface area contributed by atoms with Crippen LogP contribution in [0.15, 0.2) is 38.8 Å². The van der Waals surface area contributed by atoms with Gasteiger partial charge in [-0.2, -0.15) is 10.1 Å². The molecular weight excluding hydrogens is 482 g/mol. The molecule has 10 nitrogen and oxygen atoms in total. The van der Waals surface area contributed by atoms with Gasteiger partial charge in [0.25, 0.3) is 0 Å². The Balaban J connectivity index is 1.45. The van der Waals surface area contributed by atoms with Crippen LogP contribution >= 0.6 is 0 Å². The maximum absolute atomic E-state index is 13.1. The summed E-state index contributed by atoms with van der Waals surface area (Å²) < 4.78 is 35.7. The molecule has 11 heteroatoms. The number of nitrogens with one attached hydrogen (secondary N) is 1. The van der Waals surface area contributed by atoms with Crippen LogP contribution in [0.2, 0.25) is 0 Å². The summed E-state index contributed by atoms with van der Waals surface area (Å²) in [5, 5.41) is 4.69. The highest BCUT2D eigenvalue weighted by Crippen LogP contribution is 2.30. The molecule has 0 atom stereocenters. The van der Waals surface area contributed by atoms with E-state index in [1.807, 2.05) is 23.1 Å². The van der Waals surface area contributed by atoms with Gasteiger partial charge in [-0.25, -0.2) is 18.8 Å². The van der Waals surface area contributed by atoms with Crippen molar-refractivity contribution in [1.82, 2.24) is 9.97 Å². The van der Waals surface area contributed by atoms with Crippen molar-refractivity contribution in [3.05, 3.63) is 57.1 Å². The molecule has 2 aliphatic rings. The van der Waals surface area contributed by atoms with E-state index in [0.717, 1.165) is 5.56 Å². The number of hydrogen-bond acceptors (Lipinski definition) is 10. The maximum Gasteiger partial charge on any atom is 0.245 e. The summed E-state index contributed by atoms with van der Waals surface area (Å²) in [6.07, 6.45) is 3.08. The van der Waals surface area contributed by atoms with Crippen molar-refractivity contribution in [3.63, 3.8) is 0 Å². The van der Waals surface area contributed by atoms with E-state index in [1.54, 1.807) is 0 Å². The first kappa shape index (κ1) is 24.4. The lowest BCUT2D eigenvalue weighted by molar-refractivity contribution is 0.122. The molecule has 1 fully saturated rings. The van der Waals surface area contributed by atoms with Crippen LogP contribution in [-0.4, -0.2) is 56.7 Å².